The number of allylic oxidation sites excluding steroid dienone is 1. The van der Waals surface area contributed by atoms with E-state index < -0.39 is 18.2 Å². The maximum absolute atomic E-state index is 13.7. The van der Waals surface area contributed by atoms with E-state index in [1.54, 1.807) is 18.3 Å². The number of benzene rings is 3. The SMILES string of the molecule is C=CN(C)C/C=C\CC[C@H](C(=O)N[C@@H](C)c1ccccc1)N(C(=O)C(O)O)c1ccc(-c2ccccc2)cc1. The zero-order valence-corrected chi connectivity index (χ0v) is 22.5. The molecule has 0 unspecified atom stereocenters. The molecule has 2 amide bonds. The lowest BCUT2D eigenvalue weighted by molar-refractivity contribution is -0.146. The molecule has 7 nitrogen and oxygen atoms in total. The van der Waals surface area contributed by atoms with Crippen molar-refractivity contribution in [2.45, 2.75) is 38.1 Å². The topological polar surface area (TPSA) is 93.1 Å². The zero-order valence-electron chi connectivity index (χ0n) is 22.5. The molecule has 0 aliphatic heterocycles. The second-order valence-corrected chi connectivity index (χ2v) is 9.32. The normalized spacial score (nSPS) is 12.6. The van der Waals surface area contributed by atoms with Crippen LogP contribution in [0.4, 0.5) is 5.69 Å². The van der Waals surface area contributed by atoms with Crippen molar-refractivity contribution >= 4 is 17.5 Å². The summed E-state index contributed by atoms with van der Waals surface area (Å²) in [7, 11) is 1.90. The van der Waals surface area contributed by atoms with Crippen LogP contribution in [0.1, 0.15) is 31.4 Å². The van der Waals surface area contributed by atoms with Gasteiger partial charge in [-0.25, -0.2) is 0 Å². The van der Waals surface area contributed by atoms with Crippen LogP contribution in [0.15, 0.2) is 110 Å². The third kappa shape index (κ3) is 8.40. The summed E-state index contributed by atoms with van der Waals surface area (Å²) in [4.78, 5) is 29.9. The summed E-state index contributed by atoms with van der Waals surface area (Å²) in [6, 6.07) is 25.2. The third-order valence-electron chi connectivity index (χ3n) is 6.46. The summed E-state index contributed by atoms with van der Waals surface area (Å²) < 4.78 is 0. The van der Waals surface area contributed by atoms with E-state index in [-0.39, 0.29) is 18.4 Å². The third-order valence-corrected chi connectivity index (χ3v) is 6.46. The van der Waals surface area contributed by atoms with E-state index in [4.69, 9.17) is 0 Å². The molecule has 2 atom stereocenters. The molecular weight excluding hydrogens is 490 g/mol. The second-order valence-electron chi connectivity index (χ2n) is 9.32. The number of hydrogen-bond donors (Lipinski definition) is 3. The minimum atomic E-state index is -2.27. The largest absolute Gasteiger partial charge is 0.377 e. The number of nitrogens with one attached hydrogen (secondary N) is 1. The van der Waals surface area contributed by atoms with Crippen LogP contribution in [0.2, 0.25) is 0 Å². The fourth-order valence-corrected chi connectivity index (χ4v) is 4.23. The van der Waals surface area contributed by atoms with Gasteiger partial charge in [-0.05, 0) is 54.8 Å². The molecule has 7 heteroatoms. The Hall–Kier alpha value is -4.20. The van der Waals surface area contributed by atoms with Crippen molar-refractivity contribution < 1.29 is 19.8 Å². The van der Waals surface area contributed by atoms with Crippen LogP contribution in [-0.4, -0.2) is 52.9 Å². The molecule has 3 aromatic rings. The molecule has 3 aromatic carbocycles. The Morgan fingerprint density at radius 1 is 0.897 bits per heavy atom. The molecule has 0 fully saturated rings. The van der Waals surface area contributed by atoms with Gasteiger partial charge in [-0.3, -0.25) is 14.5 Å². The van der Waals surface area contributed by atoms with E-state index in [2.05, 4.69) is 11.9 Å². The summed E-state index contributed by atoms with van der Waals surface area (Å²) in [5, 5.41) is 22.8. The Morgan fingerprint density at radius 2 is 1.49 bits per heavy atom. The molecule has 0 heterocycles. The van der Waals surface area contributed by atoms with Gasteiger partial charge < -0.3 is 20.4 Å². The van der Waals surface area contributed by atoms with Gasteiger partial charge in [0.15, 0.2) is 0 Å². The minimum absolute atomic E-state index is 0.278. The quantitative estimate of drug-likeness (QED) is 0.222. The van der Waals surface area contributed by atoms with Crippen molar-refractivity contribution in [1.29, 1.82) is 0 Å². The van der Waals surface area contributed by atoms with E-state index in [1.165, 1.54) is 4.90 Å². The van der Waals surface area contributed by atoms with E-state index in [9.17, 15) is 19.8 Å². The molecule has 0 saturated carbocycles. The van der Waals surface area contributed by atoms with Crippen LogP contribution in [0, 0.1) is 0 Å². The Balaban J connectivity index is 1.92. The molecule has 0 saturated heterocycles. The first kappa shape index (κ1) is 29.4. The number of nitrogens with zero attached hydrogens (tertiary/aromatic N) is 2. The highest BCUT2D eigenvalue weighted by Crippen LogP contribution is 2.27. The average Bonchev–Trinajstić information content (AvgIpc) is 2.97. The Bertz CT molecular complexity index is 1230. The summed E-state index contributed by atoms with van der Waals surface area (Å²) in [6.45, 7) is 6.26. The standard InChI is InChI=1S/C32H37N3O4/c1-4-34(3)23-13-7-12-18-29(30(36)33-24(2)25-14-8-5-9-15-25)35(31(37)32(38)39)28-21-19-27(20-22-28)26-16-10-6-11-17-26/h4-11,13-17,19-22,24,29,32,38-39H,1,12,18,23H2,2-3H3,(H,33,36)/b13-7-/t24-,29+/m0/s1. The average molecular weight is 528 g/mol. The van der Waals surface area contributed by atoms with Gasteiger partial charge in [0.2, 0.25) is 12.2 Å². The smallest absolute Gasteiger partial charge is 0.284 e. The Labute approximate surface area is 230 Å². The van der Waals surface area contributed by atoms with Crippen molar-refractivity contribution in [3.63, 3.8) is 0 Å². The van der Waals surface area contributed by atoms with Crippen LogP contribution >= 0.6 is 0 Å². The van der Waals surface area contributed by atoms with Gasteiger partial charge in [-0.1, -0.05) is 91.5 Å². The van der Waals surface area contributed by atoms with Crippen molar-refractivity contribution in [3.05, 3.63) is 115 Å². The van der Waals surface area contributed by atoms with Crippen LogP contribution < -0.4 is 10.2 Å². The van der Waals surface area contributed by atoms with Crippen LogP contribution in [0.25, 0.3) is 11.1 Å². The Kier molecular flexibility index (Phi) is 11.0. The number of aliphatic hydroxyl groups excluding tert-OH is 1. The fourth-order valence-electron chi connectivity index (χ4n) is 4.23. The van der Waals surface area contributed by atoms with E-state index in [0.717, 1.165) is 16.7 Å². The maximum atomic E-state index is 13.7. The molecule has 0 spiro atoms. The molecule has 0 radical (unpaired) electrons. The summed E-state index contributed by atoms with van der Waals surface area (Å²) in [5.41, 5.74) is 3.26. The Morgan fingerprint density at radius 3 is 2.08 bits per heavy atom. The molecule has 0 aromatic heterocycles. The summed E-state index contributed by atoms with van der Waals surface area (Å²) in [6.07, 6.45) is 4.13. The van der Waals surface area contributed by atoms with Gasteiger partial charge in [0.1, 0.15) is 6.04 Å². The predicted octanol–water partition coefficient (Wildman–Crippen LogP) is 4.66. The predicted molar refractivity (Wildman–Crippen MR) is 156 cm³/mol. The highest BCUT2D eigenvalue weighted by Gasteiger charge is 2.34. The first-order valence-corrected chi connectivity index (χ1v) is 13.0. The second kappa shape index (κ2) is 14.7. The van der Waals surface area contributed by atoms with Crippen molar-refractivity contribution in [3.8, 4) is 11.1 Å². The number of carbonyl (C=O) groups excluding carboxylic acids is 2. The number of aliphatic hydroxyl groups is 2. The lowest BCUT2D eigenvalue weighted by Crippen LogP contribution is -2.53. The molecule has 3 rings (SSSR count). The van der Waals surface area contributed by atoms with E-state index in [1.807, 2.05) is 104 Å². The van der Waals surface area contributed by atoms with Crippen molar-refractivity contribution in [1.82, 2.24) is 10.2 Å². The zero-order chi connectivity index (χ0) is 28.2. The van der Waals surface area contributed by atoms with Crippen LogP contribution in [0.5, 0.6) is 0 Å². The van der Waals surface area contributed by atoms with Gasteiger partial charge >= 0.3 is 0 Å². The molecule has 204 valence electrons. The number of anilines is 1. The number of hydrogen-bond acceptors (Lipinski definition) is 5. The number of amides is 2. The lowest BCUT2D eigenvalue weighted by atomic mass is 10.0. The van der Waals surface area contributed by atoms with Gasteiger partial charge in [-0.2, -0.15) is 0 Å². The molecule has 0 bridgehead atoms. The van der Waals surface area contributed by atoms with Crippen LogP contribution in [-0.2, 0) is 9.59 Å². The molecule has 0 aliphatic rings. The monoisotopic (exact) mass is 527 g/mol. The first-order valence-electron chi connectivity index (χ1n) is 13.0. The minimum Gasteiger partial charge on any atom is -0.377 e. The van der Waals surface area contributed by atoms with Crippen molar-refractivity contribution in [2.75, 3.05) is 18.5 Å². The first-order chi connectivity index (χ1) is 18.8. The van der Waals surface area contributed by atoms with Crippen molar-refractivity contribution in [2.24, 2.45) is 0 Å². The van der Waals surface area contributed by atoms with E-state index in [0.29, 0.717) is 18.7 Å². The van der Waals surface area contributed by atoms with E-state index >= 15 is 0 Å². The highest BCUT2D eigenvalue weighted by atomic mass is 16.5. The van der Waals surface area contributed by atoms with Gasteiger partial charge in [0.25, 0.3) is 5.91 Å². The fraction of sp³-hybridized carbons (Fsp3) is 0.250. The molecule has 0 aliphatic carbocycles. The number of rotatable bonds is 13. The lowest BCUT2D eigenvalue weighted by Gasteiger charge is -2.32. The number of likely N-dealkylation sites (N-methyl/N-ethyl adjacent to an activating group) is 1. The van der Waals surface area contributed by atoms with Gasteiger partial charge in [0, 0.05) is 19.3 Å². The molecular formula is C32H37N3O4. The number of carbonyl (C=O) groups is 2. The van der Waals surface area contributed by atoms with Gasteiger partial charge in [0.05, 0.1) is 6.04 Å². The highest BCUT2D eigenvalue weighted by molar-refractivity contribution is 6.02. The van der Waals surface area contributed by atoms with Crippen LogP contribution in [0.3, 0.4) is 0 Å². The molecule has 39 heavy (non-hydrogen) atoms. The maximum Gasteiger partial charge on any atom is 0.284 e. The summed E-state index contributed by atoms with van der Waals surface area (Å²) >= 11 is 0. The van der Waals surface area contributed by atoms with Gasteiger partial charge in [-0.15, -0.1) is 0 Å². The molecule has 3 N–H and O–H groups in total. The summed E-state index contributed by atoms with van der Waals surface area (Å²) in [5.74, 6) is -1.35.